The molecule has 2 aliphatic rings. The molecule has 1 N–H and O–H groups in total. The molecule has 3 heteroatoms. The van der Waals surface area contributed by atoms with Gasteiger partial charge in [0.25, 0.3) is 0 Å². The molecule has 1 saturated heterocycles. The summed E-state index contributed by atoms with van der Waals surface area (Å²) in [6, 6.07) is 0.711. The molecule has 2 fully saturated rings. The second-order valence-corrected chi connectivity index (χ2v) is 6.98. The van der Waals surface area contributed by atoms with Crippen molar-refractivity contribution < 1.29 is 5.11 Å². The van der Waals surface area contributed by atoms with Gasteiger partial charge in [-0.2, -0.15) is 0 Å². The van der Waals surface area contributed by atoms with E-state index in [0.717, 1.165) is 12.5 Å². The Morgan fingerprint density at radius 3 is 2.39 bits per heavy atom. The first-order valence-electron chi connectivity index (χ1n) is 7.54. The van der Waals surface area contributed by atoms with Crippen molar-refractivity contribution in [1.29, 1.82) is 0 Å². The lowest BCUT2D eigenvalue weighted by Gasteiger charge is -2.40. The van der Waals surface area contributed by atoms with Gasteiger partial charge in [0.05, 0.1) is 0 Å². The Morgan fingerprint density at radius 1 is 1.22 bits per heavy atom. The van der Waals surface area contributed by atoms with Gasteiger partial charge in [0, 0.05) is 31.2 Å². The van der Waals surface area contributed by atoms with E-state index in [4.69, 9.17) is 0 Å². The van der Waals surface area contributed by atoms with Crippen LogP contribution >= 0.6 is 0 Å². The quantitative estimate of drug-likeness (QED) is 0.829. The Hall–Kier alpha value is -0.120. The number of nitrogens with zero attached hydrogens (tertiary/aromatic N) is 2. The molecule has 0 bridgehead atoms. The second-order valence-electron chi connectivity index (χ2n) is 6.98. The summed E-state index contributed by atoms with van der Waals surface area (Å²) in [4.78, 5) is 4.92. The van der Waals surface area contributed by atoms with Crippen LogP contribution in [0.3, 0.4) is 0 Å². The van der Waals surface area contributed by atoms with Crippen molar-refractivity contribution in [2.24, 2.45) is 11.3 Å². The fourth-order valence-corrected chi connectivity index (χ4v) is 3.59. The Balaban J connectivity index is 1.87. The minimum atomic E-state index is 0.202. The van der Waals surface area contributed by atoms with Crippen molar-refractivity contribution in [1.82, 2.24) is 9.80 Å². The van der Waals surface area contributed by atoms with Crippen LogP contribution < -0.4 is 0 Å². The van der Waals surface area contributed by atoms with Gasteiger partial charge >= 0.3 is 0 Å². The van der Waals surface area contributed by atoms with Gasteiger partial charge in [-0.15, -0.1) is 0 Å². The number of likely N-dealkylation sites (N-methyl/N-ethyl adjacent to an activating group) is 1. The summed E-state index contributed by atoms with van der Waals surface area (Å²) in [6.07, 6.45) is 6.31. The molecule has 3 nitrogen and oxygen atoms in total. The SMILES string of the molecule is CC1CCC(CO)(CN2CCC(N(C)C)C2)CC1. The van der Waals surface area contributed by atoms with Crippen molar-refractivity contribution in [3.05, 3.63) is 0 Å². The molecule has 1 heterocycles. The van der Waals surface area contributed by atoms with E-state index in [1.807, 2.05) is 0 Å². The van der Waals surface area contributed by atoms with Gasteiger partial charge in [0.2, 0.25) is 0 Å². The molecule has 1 unspecified atom stereocenters. The van der Waals surface area contributed by atoms with E-state index < -0.39 is 0 Å². The third-order valence-electron chi connectivity index (χ3n) is 5.21. The van der Waals surface area contributed by atoms with Gasteiger partial charge in [-0.25, -0.2) is 0 Å². The summed E-state index contributed by atoms with van der Waals surface area (Å²) in [6.45, 7) is 6.23. The number of rotatable bonds is 4. The van der Waals surface area contributed by atoms with Crippen LogP contribution in [-0.4, -0.2) is 61.3 Å². The van der Waals surface area contributed by atoms with E-state index in [1.165, 1.54) is 45.2 Å². The zero-order chi connectivity index (χ0) is 13.2. The average molecular weight is 254 g/mol. The Labute approximate surface area is 112 Å². The molecule has 0 aromatic heterocycles. The highest BCUT2D eigenvalue weighted by Gasteiger charge is 2.37. The van der Waals surface area contributed by atoms with Crippen molar-refractivity contribution in [2.75, 3.05) is 40.3 Å². The third-order valence-corrected chi connectivity index (χ3v) is 5.21. The predicted molar refractivity (Wildman–Crippen MR) is 75.7 cm³/mol. The first-order chi connectivity index (χ1) is 8.54. The fraction of sp³-hybridized carbons (Fsp3) is 1.00. The lowest BCUT2D eigenvalue weighted by atomic mass is 9.71. The minimum absolute atomic E-state index is 0.202. The summed E-state index contributed by atoms with van der Waals surface area (Å²) in [7, 11) is 4.36. The number of aliphatic hydroxyl groups excluding tert-OH is 1. The standard InChI is InChI=1S/C15H30N2O/c1-13-4-7-15(12-18,8-5-13)11-17-9-6-14(10-17)16(2)3/h13-14,18H,4-12H2,1-3H3. The number of aliphatic hydroxyl groups is 1. The van der Waals surface area contributed by atoms with Gasteiger partial charge in [-0.3, -0.25) is 0 Å². The van der Waals surface area contributed by atoms with Crippen molar-refractivity contribution in [3.63, 3.8) is 0 Å². The van der Waals surface area contributed by atoms with Crippen LogP contribution in [0, 0.1) is 11.3 Å². The monoisotopic (exact) mass is 254 g/mol. The van der Waals surface area contributed by atoms with Gasteiger partial charge in [-0.1, -0.05) is 19.8 Å². The molecule has 0 radical (unpaired) electrons. The topological polar surface area (TPSA) is 26.7 Å². The second kappa shape index (κ2) is 5.89. The average Bonchev–Trinajstić information content (AvgIpc) is 2.81. The van der Waals surface area contributed by atoms with E-state index in [-0.39, 0.29) is 5.41 Å². The Bertz CT molecular complexity index is 259. The smallest absolute Gasteiger partial charge is 0.0499 e. The summed E-state index contributed by atoms with van der Waals surface area (Å²) in [5.74, 6) is 0.859. The van der Waals surface area contributed by atoms with E-state index in [9.17, 15) is 5.11 Å². The van der Waals surface area contributed by atoms with Gasteiger partial charge < -0.3 is 14.9 Å². The molecule has 1 aliphatic heterocycles. The minimum Gasteiger partial charge on any atom is -0.396 e. The molecule has 0 aromatic carbocycles. The third kappa shape index (κ3) is 3.25. The molecule has 106 valence electrons. The number of hydrogen-bond donors (Lipinski definition) is 1. The highest BCUT2D eigenvalue weighted by Crippen LogP contribution is 2.39. The molecule has 18 heavy (non-hydrogen) atoms. The zero-order valence-electron chi connectivity index (χ0n) is 12.4. The largest absolute Gasteiger partial charge is 0.396 e. The van der Waals surface area contributed by atoms with E-state index in [0.29, 0.717) is 12.6 Å². The van der Waals surface area contributed by atoms with Gasteiger partial charge in [-0.05, 0) is 45.8 Å². The fourth-order valence-electron chi connectivity index (χ4n) is 3.59. The van der Waals surface area contributed by atoms with Crippen LogP contribution in [0.1, 0.15) is 39.0 Å². The highest BCUT2D eigenvalue weighted by molar-refractivity contribution is 4.90. The Morgan fingerprint density at radius 2 is 1.89 bits per heavy atom. The molecular weight excluding hydrogens is 224 g/mol. The molecule has 2 rings (SSSR count). The molecule has 1 aliphatic carbocycles. The van der Waals surface area contributed by atoms with Crippen LogP contribution in [0.5, 0.6) is 0 Å². The van der Waals surface area contributed by atoms with Crippen LogP contribution in [0.4, 0.5) is 0 Å². The summed E-state index contributed by atoms with van der Waals surface area (Å²) in [5.41, 5.74) is 0.202. The summed E-state index contributed by atoms with van der Waals surface area (Å²) in [5, 5.41) is 9.83. The lowest BCUT2D eigenvalue weighted by Crippen LogP contribution is -2.42. The number of hydrogen-bond acceptors (Lipinski definition) is 3. The highest BCUT2D eigenvalue weighted by atomic mass is 16.3. The van der Waals surface area contributed by atoms with Gasteiger partial charge in [0.15, 0.2) is 0 Å². The molecular formula is C15H30N2O. The van der Waals surface area contributed by atoms with E-state index in [1.54, 1.807) is 0 Å². The van der Waals surface area contributed by atoms with Crippen LogP contribution in [0.2, 0.25) is 0 Å². The maximum absolute atomic E-state index is 9.83. The summed E-state index contributed by atoms with van der Waals surface area (Å²) >= 11 is 0. The van der Waals surface area contributed by atoms with Crippen molar-refractivity contribution in [2.45, 2.75) is 45.1 Å². The lowest BCUT2D eigenvalue weighted by molar-refractivity contribution is 0.0344. The van der Waals surface area contributed by atoms with Crippen molar-refractivity contribution >= 4 is 0 Å². The normalized spacial score (nSPS) is 38.5. The van der Waals surface area contributed by atoms with Gasteiger partial charge in [0.1, 0.15) is 0 Å². The molecule has 0 aromatic rings. The zero-order valence-corrected chi connectivity index (χ0v) is 12.4. The molecule has 1 atom stereocenters. The van der Waals surface area contributed by atoms with E-state index in [2.05, 4.69) is 30.8 Å². The number of likely N-dealkylation sites (tertiary alicyclic amines) is 1. The van der Waals surface area contributed by atoms with E-state index >= 15 is 0 Å². The predicted octanol–water partition coefficient (Wildman–Crippen LogP) is 1.81. The molecule has 0 amide bonds. The van der Waals surface area contributed by atoms with Crippen LogP contribution in [0.25, 0.3) is 0 Å². The van der Waals surface area contributed by atoms with Crippen molar-refractivity contribution in [3.8, 4) is 0 Å². The maximum Gasteiger partial charge on any atom is 0.0499 e. The molecule has 0 spiro atoms. The van der Waals surface area contributed by atoms with Crippen LogP contribution in [0.15, 0.2) is 0 Å². The maximum atomic E-state index is 9.83. The Kier molecular flexibility index (Phi) is 4.68. The van der Waals surface area contributed by atoms with Crippen LogP contribution in [-0.2, 0) is 0 Å². The summed E-state index contributed by atoms with van der Waals surface area (Å²) < 4.78 is 0. The first kappa shape index (κ1) is 14.3. The first-order valence-corrected chi connectivity index (χ1v) is 7.54. The molecule has 1 saturated carbocycles.